The number of nitrogens with one attached hydrogen (secondary N) is 1. The molecule has 0 aromatic heterocycles. The third-order valence-corrected chi connectivity index (χ3v) is 6.38. The van der Waals surface area contributed by atoms with Crippen LogP contribution in [-0.4, -0.2) is 23.6 Å². The Morgan fingerprint density at radius 3 is 2.58 bits per heavy atom. The summed E-state index contributed by atoms with van der Waals surface area (Å²) in [4.78, 5) is 0. The zero-order chi connectivity index (χ0) is 13.2. The van der Waals surface area contributed by atoms with Crippen LogP contribution in [0.4, 0.5) is 0 Å². The van der Waals surface area contributed by atoms with Crippen molar-refractivity contribution >= 4 is 27.7 Å². The van der Waals surface area contributed by atoms with Gasteiger partial charge in [0.1, 0.15) is 0 Å². The maximum atomic E-state index is 3.90. The van der Waals surface area contributed by atoms with Gasteiger partial charge in [0.25, 0.3) is 0 Å². The summed E-state index contributed by atoms with van der Waals surface area (Å²) in [7, 11) is 0. The number of hydrogen-bond donors (Lipinski definition) is 1. The summed E-state index contributed by atoms with van der Waals surface area (Å²) in [6, 6.07) is 10.4. The van der Waals surface area contributed by atoms with E-state index in [-0.39, 0.29) is 0 Å². The van der Waals surface area contributed by atoms with Gasteiger partial charge in [-0.3, -0.25) is 0 Å². The van der Waals surface area contributed by atoms with Gasteiger partial charge in [0.15, 0.2) is 0 Å². The maximum Gasteiger partial charge on any atom is 0.0198 e. The van der Waals surface area contributed by atoms with Gasteiger partial charge in [0.2, 0.25) is 0 Å². The molecular weight excluding hydrogens is 318 g/mol. The predicted octanol–water partition coefficient (Wildman–Crippen LogP) is 4.57. The summed E-state index contributed by atoms with van der Waals surface area (Å²) in [5, 5.41) is 4.75. The minimum atomic E-state index is 0.756. The Bertz CT molecular complexity index is 413. The number of hydrogen-bond acceptors (Lipinski definition) is 2. The molecular formula is C16H22BrNS. The molecule has 2 fully saturated rings. The third-order valence-electron chi connectivity index (χ3n) is 4.68. The quantitative estimate of drug-likeness (QED) is 0.862. The number of rotatable bonds is 4. The first-order valence-electron chi connectivity index (χ1n) is 7.30. The van der Waals surface area contributed by atoms with E-state index >= 15 is 0 Å². The lowest BCUT2D eigenvalue weighted by atomic mass is 9.75. The highest BCUT2D eigenvalue weighted by Crippen LogP contribution is 2.39. The standard InChI is InChI=1S/C16H22BrNS/c1-19-16-4-2-3-15(16)18-14-9-12(10-14)11-5-7-13(17)8-6-11/h5-8,12,14-16,18H,2-4,9-10H2,1H3. The molecule has 104 valence electrons. The topological polar surface area (TPSA) is 12.0 Å². The van der Waals surface area contributed by atoms with Crippen molar-refractivity contribution in [1.29, 1.82) is 0 Å². The highest BCUT2D eigenvalue weighted by Gasteiger charge is 2.34. The molecule has 2 aliphatic rings. The van der Waals surface area contributed by atoms with E-state index in [4.69, 9.17) is 0 Å². The molecule has 3 rings (SSSR count). The predicted molar refractivity (Wildman–Crippen MR) is 88.0 cm³/mol. The van der Waals surface area contributed by atoms with Crippen LogP contribution in [0.3, 0.4) is 0 Å². The smallest absolute Gasteiger partial charge is 0.0198 e. The summed E-state index contributed by atoms with van der Waals surface area (Å²) in [6.07, 6.45) is 9.09. The van der Waals surface area contributed by atoms with Crippen LogP contribution in [0.15, 0.2) is 28.7 Å². The molecule has 0 radical (unpaired) electrons. The summed E-state index contributed by atoms with van der Waals surface area (Å²) >= 11 is 5.55. The molecule has 2 atom stereocenters. The maximum absolute atomic E-state index is 3.90. The molecule has 2 unspecified atom stereocenters. The van der Waals surface area contributed by atoms with Crippen molar-refractivity contribution < 1.29 is 0 Å². The molecule has 1 N–H and O–H groups in total. The van der Waals surface area contributed by atoms with Crippen molar-refractivity contribution in [3.8, 4) is 0 Å². The van der Waals surface area contributed by atoms with Crippen LogP contribution >= 0.6 is 27.7 Å². The molecule has 1 aromatic carbocycles. The van der Waals surface area contributed by atoms with E-state index in [1.54, 1.807) is 0 Å². The Labute approximate surface area is 129 Å². The molecule has 0 spiro atoms. The summed E-state index contributed by atoms with van der Waals surface area (Å²) in [5.41, 5.74) is 1.51. The molecule has 3 heteroatoms. The lowest BCUT2D eigenvalue weighted by molar-refractivity contribution is 0.266. The second kappa shape index (κ2) is 6.19. The van der Waals surface area contributed by atoms with Gasteiger partial charge in [-0.15, -0.1) is 0 Å². The summed E-state index contributed by atoms with van der Waals surface area (Å²) in [6.45, 7) is 0. The van der Waals surface area contributed by atoms with Crippen LogP contribution in [0, 0.1) is 0 Å². The van der Waals surface area contributed by atoms with Crippen LogP contribution in [0.25, 0.3) is 0 Å². The normalized spacial score (nSPS) is 34.2. The molecule has 1 nitrogen and oxygen atoms in total. The summed E-state index contributed by atoms with van der Waals surface area (Å²) in [5.74, 6) is 0.778. The van der Waals surface area contributed by atoms with E-state index in [1.165, 1.54) is 42.1 Å². The van der Waals surface area contributed by atoms with Gasteiger partial charge in [-0.2, -0.15) is 11.8 Å². The Kier molecular flexibility index (Phi) is 4.55. The first-order valence-corrected chi connectivity index (χ1v) is 9.38. The van der Waals surface area contributed by atoms with E-state index < -0.39 is 0 Å². The molecule has 1 aromatic rings. The van der Waals surface area contributed by atoms with Crippen LogP contribution in [0.5, 0.6) is 0 Å². The van der Waals surface area contributed by atoms with E-state index in [0.29, 0.717) is 0 Å². The highest BCUT2D eigenvalue weighted by molar-refractivity contribution is 9.10. The fraction of sp³-hybridized carbons (Fsp3) is 0.625. The van der Waals surface area contributed by atoms with E-state index in [1.807, 2.05) is 11.8 Å². The Hall–Kier alpha value is 0.01000. The zero-order valence-corrected chi connectivity index (χ0v) is 13.8. The molecule has 2 aliphatic carbocycles. The SMILES string of the molecule is CSC1CCCC1NC1CC(c2ccc(Br)cc2)C1. The van der Waals surface area contributed by atoms with Crippen LogP contribution in [0.2, 0.25) is 0 Å². The van der Waals surface area contributed by atoms with Crippen molar-refractivity contribution in [2.75, 3.05) is 6.26 Å². The molecule has 0 aliphatic heterocycles. The monoisotopic (exact) mass is 339 g/mol. The fourth-order valence-corrected chi connectivity index (χ4v) is 4.67. The molecule has 0 saturated heterocycles. The fourth-order valence-electron chi connectivity index (χ4n) is 3.46. The van der Waals surface area contributed by atoms with E-state index in [2.05, 4.69) is 51.8 Å². The average molecular weight is 340 g/mol. The van der Waals surface area contributed by atoms with Crippen molar-refractivity contribution in [1.82, 2.24) is 5.32 Å². The lowest BCUT2D eigenvalue weighted by Gasteiger charge is -2.39. The number of benzene rings is 1. The average Bonchev–Trinajstić information content (AvgIpc) is 2.82. The second-order valence-electron chi connectivity index (χ2n) is 5.90. The van der Waals surface area contributed by atoms with Gasteiger partial charge >= 0.3 is 0 Å². The van der Waals surface area contributed by atoms with Crippen LogP contribution in [0.1, 0.15) is 43.6 Å². The third kappa shape index (κ3) is 3.20. The van der Waals surface area contributed by atoms with Gasteiger partial charge < -0.3 is 5.32 Å². The number of thioether (sulfide) groups is 1. The highest BCUT2D eigenvalue weighted by atomic mass is 79.9. The van der Waals surface area contributed by atoms with Crippen molar-refractivity contribution in [2.24, 2.45) is 0 Å². The van der Waals surface area contributed by atoms with E-state index in [9.17, 15) is 0 Å². The molecule has 0 bridgehead atoms. The zero-order valence-electron chi connectivity index (χ0n) is 11.4. The molecule has 2 saturated carbocycles. The van der Waals surface area contributed by atoms with Gasteiger partial charge in [0.05, 0.1) is 0 Å². The Balaban J connectivity index is 1.49. The minimum Gasteiger partial charge on any atom is -0.310 e. The van der Waals surface area contributed by atoms with Crippen molar-refractivity contribution in [3.63, 3.8) is 0 Å². The molecule has 19 heavy (non-hydrogen) atoms. The Morgan fingerprint density at radius 1 is 1.16 bits per heavy atom. The van der Waals surface area contributed by atoms with Gasteiger partial charge in [-0.25, -0.2) is 0 Å². The molecule has 0 amide bonds. The summed E-state index contributed by atoms with van der Waals surface area (Å²) < 4.78 is 1.18. The minimum absolute atomic E-state index is 0.756. The first kappa shape index (κ1) is 14.0. The second-order valence-corrected chi connectivity index (χ2v) is 7.89. The van der Waals surface area contributed by atoms with Crippen molar-refractivity contribution in [2.45, 2.75) is 55.4 Å². The lowest BCUT2D eigenvalue weighted by Crippen LogP contribution is -2.47. The molecule has 0 heterocycles. The Morgan fingerprint density at radius 2 is 1.89 bits per heavy atom. The van der Waals surface area contributed by atoms with E-state index in [0.717, 1.165) is 23.3 Å². The first-order chi connectivity index (χ1) is 9.26. The van der Waals surface area contributed by atoms with Crippen LogP contribution < -0.4 is 5.32 Å². The van der Waals surface area contributed by atoms with Gasteiger partial charge in [-0.05, 0) is 55.6 Å². The van der Waals surface area contributed by atoms with Crippen LogP contribution in [-0.2, 0) is 0 Å². The van der Waals surface area contributed by atoms with Crippen molar-refractivity contribution in [3.05, 3.63) is 34.3 Å². The van der Waals surface area contributed by atoms with Gasteiger partial charge in [-0.1, -0.05) is 34.5 Å². The van der Waals surface area contributed by atoms with Gasteiger partial charge in [0, 0.05) is 21.8 Å². The largest absolute Gasteiger partial charge is 0.310 e. The number of halogens is 1.